The normalized spacial score (nSPS) is 18.5. The highest BCUT2D eigenvalue weighted by molar-refractivity contribution is 6.01. The number of hydrogen-bond donors (Lipinski definition) is 0. The van der Waals surface area contributed by atoms with Crippen molar-refractivity contribution >= 4 is 17.8 Å². The zero-order valence-corrected chi connectivity index (χ0v) is 16.0. The first-order valence-electron chi connectivity index (χ1n) is 9.64. The van der Waals surface area contributed by atoms with E-state index < -0.39 is 0 Å². The van der Waals surface area contributed by atoms with E-state index in [0.29, 0.717) is 19.4 Å². The quantitative estimate of drug-likeness (QED) is 0.671. The first-order chi connectivity index (χ1) is 13.0. The monoisotopic (exact) mass is 372 g/mol. The van der Waals surface area contributed by atoms with E-state index >= 15 is 0 Å². The lowest BCUT2D eigenvalue weighted by molar-refractivity contribution is -0.133. The van der Waals surface area contributed by atoms with Gasteiger partial charge in [-0.15, -0.1) is 0 Å². The third kappa shape index (κ3) is 5.07. The Kier molecular flexibility index (Phi) is 6.45. The molecule has 0 radical (unpaired) electrons. The Morgan fingerprint density at radius 1 is 1.00 bits per heavy atom. The molecule has 27 heavy (non-hydrogen) atoms. The number of carbonyl (C=O) groups is 3. The number of rotatable bonds is 7. The van der Waals surface area contributed by atoms with E-state index in [1.54, 1.807) is 7.05 Å². The maximum absolute atomic E-state index is 12.4. The highest BCUT2D eigenvalue weighted by Crippen LogP contribution is 2.11. The second-order valence-electron chi connectivity index (χ2n) is 7.25. The van der Waals surface area contributed by atoms with Gasteiger partial charge in [0.2, 0.25) is 11.8 Å². The molecule has 2 aliphatic rings. The van der Waals surface area contributed by atoms with E-state index in [1.807, 2.05) is 11.0 Å². The van der Waals surface area contributed by atoms with Crippen LogP contribution in [0.5, 0.6) is 0 Å². The fourth-order valence-electron chi connectivity index (χ4n) is 3.59. The van der Waals surface area contributed by atoms with Gasteiger partial charge >= 0.3 is 6.03 Å². The smallest absolute Gasteiger partial charge is 0.326 e. The molecule has 0 spiro atoms. The number of imide groups is 1. The van der Waals surface area contributed by atoms with Crippen molar-refractivity contribution in [3.05, 3.63) is 35.9 Å². The summed E-state index contributed by atoms with van der Waals surface area (Å²) in [6, 6.07) is 10.2. The maximum Gasteiger partial charge on any atom is 0.326 e. The molecule has 2 saturated heterocycles. The van der Waals surface area contributed by atoms with Crippen molar-refractivity contribution in [1.82, 2.24) is 19.6 Å². The molecule has 0 saturated carbocycles. The Hall–Kier alpha value is -2.41. The fourth-order valence-corrected chi connectivity index (χ4v) is 3.59. The third-order valence-corrected chi connectivity index (χ3v) is 5.29. The van der Waals surface area contributed by atoms with Gasteiger partial charge in [-0.2, -0.15) is 0 Å². The van der Waals surface area contributed by atoms with Gasteiger partial charge in [0.1, 0.15) is 6.54 Å². The molecule has 0 atom stereocenters. The molecule has 2 heterocycles. The minimum atomic E-state index is -0.264. The Morgan fingerprint density at radius 2 is 1.70 bits per heavy atom. The Balaban J connectivity index is 1.34. The number of carbonyl (C=O) groups excluding carboxylic acids is 3. The number of amides is 4. The van der Waals surface area contributed by atoms with Crippen LogP contribution in [-0.4, -0.2) is 90.3 Å². The van der Waals surface area contributed by atoms with Crippen molar-refractivity contribution in [1.29, 1.82) is 0 Å². The first kappa shape index (κ1) is 19.4. The molecule has 0 unspecified atom stereocenters. The average Bonchev–Trinajstić information content (AvgIpc) is 2.93. The number of likely N-dealkylation sites (N-methyl/N-ethyl adjacent to an activating group) is 1. The van der Waals surface area contributed by atoms with Gasteiger partial charge in [-0.3, -0.25) is 19.4 Å². The molecule has 7 heteroatoms. The summed E-state index contributed by atoms with van der Waals surface area (Å²) >= 11 is 0. The second-order valence-corrected chi connectivity index (χ2v) is 7.25. The summed E-state index contributed by atoms with van der Waals surface area (Å²) in [5, 5.41) is 0. The lowest BCUT2D eigenvalue weighted by atomic mass is 10.1. The molecule has 3 rings (SSSR count). The van der Waals surface area contributed by atoms with Crippen LogP contribution >= 0.6 is 0 Å². The molecule has 2 aliphatic heterocycles. The van der Waals surface area contributed by atoms with Crippen molar-refractivity contribution in [2.75, 3.05) is 52.9 Å². The second kappa shape index (κ2) is 8.99. The zero-order valence-electron chi connectivity index (χ0n) is 16.0. The minimum absolute atomic E-state index is 0.116. The van der Waals surface area contributed by atoms with E-state index in [0.717, 1.165) is 39.1 Å². The van der Waals surface area contributed by atoms with Gasteiger partial charge < -0.3 is 9.80 Å². The predicted molar refractivity (Wildman–Crippen MR) is 102 cm³/mol. The fraction of sp³-hybridized carbons (Fsp3) is 0.550. The lowest BCUT2D eigenvalue weighted by Crippen LogP contribution is -2.49. The Morgan fingerprint density at radius 3 is 2.33 bits per heavy atom. The number of benzene rings is 1. The molecular weight excluding hydrogens is 344 g/mol. The van der Waals surface area contributed by atoms with E-state index in [2.05, 4.69) is 29.2 Å². The summed E-state index contributed by atoms with van der Waals surface area (Å²) in [6.45, 7) is 4.76. The van der Waals surface area contributed by atoms with Gasteiger partial charge in [0.25, 0.3) is 0 Å². The topological polar surface area (TPSA) is 64.2 Å². The molecule has 0 aromatic heterocycles. The van der Waals surface area contributed by atoms with Crippen molar-refractivity contribution in [2.45, 2.75) is 19.3 Å². The van der Waals surface area contributed by atoms with Crippen LogP contribution in [0.4, 0.5) is 4.79 Å². The number of urea groups is 1. The maximum atomic E-state index is 12.4. The third-order valence-electron chi connectivity index (χ3n) is 5.29. The SMILES string of the molecule is CN1CC(=O)N(CCCC(=O)N2CCN(CCc3ccccc3)CC2)C1=O. The summed E-state index contributed by atoms with van der Waals surface area (Å²) in [6.07, 6.45) is 1.93. The van der Waals surface area contributed by atoms with E-state index in [-0.39, 0.29) is 24.4 Å². The summed E-state index contributed by atoms with van der Waals surface area (Å²) in [5.74, 6) is -0.0628. The summed E-state index contributed by atoms with van der Waals surface area (Å²) in [5.41, 5.74) is 1.34. The van der Waals surface area contributed by atoms with E-state index in [1.165, 1.54) is 15.4 Å². The van der Waals surface area contributed by atoms with E-state index in [9.17, 15) is 14.4 Å². The average molecular weight is 372 g/mol. The Labute approximate surface area is 160 Å². The van der Waals surface area contributed by atoms with Gasteiger partial charge in [0, 0.05) is 52.7 Å². The molecule has 1 aromatic carbocycles. The zero-order chi connectivity index (χ0) is 19.2. The molecular formula is C20H28N4O3. The highest BCUT2D eigenvalue weighted by Gasteiger charge is 2.33. The van der Waals surface area contributed by atoms with Gasteiger partial charge in [0.15, 0.2) is 0 Å². The predicted octanol–water partition coefficient (Wildman–Crippen LogP) is 1.05. The summed E-state index contributed by atoms with van der Waals surface area (Å²) in [4.78, 5) is 42.9. The molecule has 146 valence electrons. The Bertz CT molecular complexity index is 671. The number of hydrogen-bond acceptors (Lipinski definition) is 4. The standard InChI is InChI=1S/C20H28N4O3/c1-21-16-19(26)24(20(21)27)10-5-8-18(25)23-14-12-22(13-15-23)11-9-17-6-3-2-4-7-17/h2-4,6-7H,5,8-16H2,1H3. The van der Waals surface area contributed by atoms with Gasteiger partial charge in [0.05, 0.1) is 0 Å². The van der Waals surface area contributed by atoms with E-state index in [4.69, 9.17) is 0 Å². The van der Waals surface area contributed by atoms with Crippen molar-refractivity contribution < 1.29 is 14.4 Å². The van der Waals surface area contributed by atoms with Crippen LogP contribution in [0.15, 0.2) is 30.3 Å². The van der Waals surface area contributed by atoms with Crippen LogP contribution in [-0.2, 0) is 16.0 Å². The van der Waals surface area contributed by atoms with Crippen molar-refractivity contribution in [2.24, 2.45) is 0 Å². The van der Waals surface area contributed by atoms with Crippen LogP contribution in [0, 0.1) is 0 Å². The summed E-state index contributed by atoms with van der Waals surface area (Å²) < 4.78 is 0. The molecule has 4 amide bonds. The highest BCUT2D eigenvalue weighted by atomic mass is 16.2. The molecule has 7 nitrogen and oxygen atoms in total. The molecule has 2 fully saturated rings. The largest absolute Gasteiger partial charge is 0.340 e. The van der Waals surface area contributed by atoms with Crippen molar-refractivity contribution in [3.63, 3.8) is 0 Å². The van der Waals surface area contributed by atoms with Gasteiger partial charge in [-0.1, -0.05) is 30.3 Å². The number of piperazine rings is 1. The molecule has 0 aliphatic carbocycles. The minimum Gasteiger partial charge on any atom is -0.340 e. The molecule has 0 bridgehead atoms. The lowest BCUT2D eigenvalue weighted by Gasteiger charge is -2.35. The van der Waals surface area contributed by atoms with Gasteiger partial charge in [-0.05, 0) is 18.4 Å². The van der Waals surface area contributed by atoms with Crippen LogP contribution in [0.1, 0.15) is 18.4 Å². The first-order valence-corrected chi connectivity index (χ1v) is 9.64. The van der Waals surface area contributed by atoms with Gasteiger partial charge in [-0.25, -0.2) is 4.79 Å². The van der Waals surface area contributed by atoms with Crippen LogP contribution < -0.4 is 0 Å². The summed E-state index contributed by atoms with van der Waals surface area (Å²) in [7, 11) is 1.61. The molecule has 0 N–H and O–H groups in total. The van der Waals surface area contributed by atoms with Crippen LogP contribution in [0.25, 0.3) is 0 Å². The van der Waals surface area contributed by atoms with Crippen molar-refractivity contribution in [3.8, 4) is 0 Å². The molecule has 1 aromatic rings. The number of nitrogens with zero attached hydrogens (tertiary/aromatic N) is 4. The van der Waals surface area contributed by atoms with Crippen LogP contribution in [0.2, 0.25) is 0 Å². The van der Waals surface area contributed by atoms with Crippen LogP contribution in [0.3, 0.4) is 0 Å².